The number of ketones is 1. The molecule has 0 fully saturated rings. The van der Waals surface area contributed by atoms with E-state index in [0.717, 1.165) is 10.0 Å². The first kappa shape index (κ1) is 12.9. The first-order valence-corrected chi connectivity index (χ1v) is 6.25. The van der Waals surface area contributed by atoms with Gasteiger partial charge in [-0.25, -0.2) is 4.39 Å². The summed E-state index contributed by atoms with van der Waals surface area (Å²) in [5.41, 5.74) is 2.10. The lowest BCUT2D eigenvalue weighted by Crippen LogP contribution is -2.06. The Hall–Kier alpha value is -1.55. The van der Waals surface area contributed by atoms with E-state index >= 15 is 0 Å². The molecule has 2 aromatic rings. The molecule has 1 aromatic carbocycles. The molecular formula is C14H11BrFNO. The highest BCUT2D eigenvalue weighted by atomic mass is 79.9. The number of hydrogen-bond acceptors (Lipinski definition) is 2. The zero-order valence-electron chi connectivity index (χ0n) is 9.78. The Morgan fingerprint density at radius 2 is 2.17 bits per heavy atom. The number of hydrogen-bond donors (Lipinski definition) is 0. The van der Waals surface area contributed by atoms with Gasteiger partial charge < -0.3 is 0 Å². The minimum absolute atomic E-state index is 0.0406. The van der Waals surface area contributed by atoms with Crippen molar-refractivity contribution in [3.8, 4) is 0 Å². The average Bonchev–Trinajstić information content (AvgIpc) is 2.34. The van der Waals surface area contributed by atoms with Crippen LogP contribution in [-0.2, 0) is 6.42 Å². The second-order valence-corrected chi connectivity index (χ2v) is 4.88. The summed E-state index contributed by atoms with van der Waals surface area (Å²) in [6.07, 6.45) is 3.40. The molecule has 92 valence electrons. The molecule has 2 nitrogen and oxygen atoms in total. The number of aryl methyl sites for hydroxylation is 1. The van der Waals surface area contributed by atoms with E-state index in [2.05, 4.69) is 20.9 Å². The maximum atomic E-state index is 13.1. The van der Waals surface area contributed by atoms with Gasteiger partial charge in [-0.1, -0.05) is 15.9 Å². The first-order valence-electron chi connectivity index (χ1n) is 5.45. The van der Waals surface area contributed by atoms with Gasteiger partial charge in [-0.05, 0) is 42.3 Å². The van der Waals surface area contributed by atoms with Crippen LogP contribution in [0.1, 0.15) is 21.5 Å². The van der Waals surface area contributed by atoms with Gasteiger partial charge in [0, 0.05) is 28.9 Å². The smallest absolute Gasteiger partial charge is 0.167 e. The zero-order valence-corrected chi connectivity index (χ0v) is 11.4. The van der Waals surface area contributed by atoms with E-state index in [1.807, 2.05) is 6.92 Å². The maximum Gasteiger partial charge on any atom is 0.167 e. The van der Waals surface area contributed by atoms with E-state index in [1.54, 1.807) is 24.5 Å². The summed E-state index contributed by atoms with van der Waals surface area (Å²) < 4.78 is 13.9. The van der Waals surface area contributed by atoms with Gasteiger partial charge in [0.25, 0.3) is 0 Å². The lowest BCUT2D eigenvalue weighted by molar-refractivity contribution is 0.0992. The van der Waals surface area contributed by atoms with Gasteiger partial charge >= 0.3 is 0 Å². The van der Waals surface area contributed by atoms with Crippen LogP contribution in [0.2, 0.25) is 0 Å². The fraction of sp³-hybridized carbons (Fsp3) is 0.143. The monoisotopic (exact) mass is 307 g/mol. The topological polar surface area (TPSA) is 30.0 Å². The van der Waals surface area contributed by atoms with Crippen molar-refractivity contribution in [2.24, 2.45) is 0 Å². The number of nitrogens with zero attached hydrogens (tertiary/aromatic N) is 1. The molecule has 18 heavy (non-hydrogen) atoms. The molecule has 1 aromatic heterocycles. The lowest BCUT2D eigenvalue weighted by atomic mass is 10.0. The Morgan fingerprint density at radius 3 is 2.89 bits per heavy atom. The lowest BCUT2D eigenvalue weighted by Gasteiger charge is -2.06. The molecule has 0 amide bonds. The third-order valence-electron chi connectivity index (χ3n) is 2.68. The first-order chi connectivity index (χ1) is 8.58. The van der Waals surface area contributed by atoms with Crippen LogP contribution in [-0.4, -0.2) is 10.8 Å². The van der Waals surface area contributed by atoms with Crippen molar-refractivity contribution < 1.29 is 9.18 Å². The number of rotatable bonds is 3. The molecular weight excluding hydrogens is 297 g/mol. The van der Waals surface area contributed by atoms with Gasteiger partial charge in [-0.2, -0.15) is 0 Å². The Balaban J connectivity index is 2.27. The summed E-state index contributed by atoms with van der Waals surface area (Å²) in [4.78, 5) is 16.1. The Bertz CT molecular complexity index is 598. The minimum atomic E-state index is -0.340. The van der Waals surface area contributed by atoms with Gasteiger partial charge in [0.15, 0.2) is 5.78 Å². The standard InChI is InChI=1S/C14H11BrFNO/c1-9-8-17-5-4-12(9)14(18)7-10-6-11(16)2-3-13(10)15/h2-6,8H,7H2,1H3. The molecule has 0 aliphatic carbocycles. The SMILES string of the molecule is Cc1cnccc1C(=O)Cc1cc(F)ccc1Br. The summed E-state index contributed by atoms with van der Waals surface area (Å²) >= 11 is 3.32. The van der Waals surface area contributed by atoms with Crippen LogP contribution in [0.25, 0.3) is 0 Å². The molecule has 4 heteroatoms. The largest absolute Gasteiger partial charge is 0.294 e. The number of benzene rings is 1. The minimum Gasteiger partial charge on any atom is -0.294 e. The molecule has 0 spiro atoms. The molecule has 0 N–H and O–H groups in total. The van der Waals surface area contributed by atoms with Crippen LogP contribution in [0.3, 0.4) is 0 Å². The second-order valence-electron chi connectivity index (χ2n) is 4.03. The van der Waals surface area contributed by atoms with E-state index in [9.17, 15) is 9.18 Å². The normalized spacial score (nSPS) is 10.4. The van der Waals surface area contributed by atoms with E-state index in [4.69, 9.17) is 0 Å². The van der Waals surface area contributed by atoms with Gasteiger partial charge in [0.1, 0.15) is 5.82 Å². The average molecular weight is 308 g/mol. The zero-order chi connectivity index (χ0) is 13.1. The highest BCUT2D eigenvalue weighted by Crippen LogP contribution is 2.20. The van der Waals surface area contributed by atoms with Crippen molar-refractivity contribution in [2.45, 2.75) is 13.3 Å². The van der Waals surface area contributed by atoms with Crippen LogP contribution < -0.4 is 0 Å². The Morgan fingerprint density at radius 1 is 1.39 bits per heavy atom. The summed E-state index contributed by atoms with van der Waals surface area (Å²) in [5, 5.41) is 0. The van der Waals surface area contributed by atoms with Crippen molar-refractivity contribution in [2.75, 3.05) is 0 Å². The number of carbonyl (C=O) groups is 1. The van der Waals surface area contributed by atoms with E-state index in [-0.39, 0.29) is 18.0 Å². The van der Waals surface area contributed by atoms with Crippen molar-refractivity contribution in [1.82, 2.24) is 4.98 Å². The molecule has 0 aliphatic heterocycles. The third-order valence-corrected chi connectivity index (χ3v) is 3.45. The number of halogens is 2. The number of pyridine rings is 1. The Labute approximate surface area is 113 Å². The molecule has 1 heterocycles. The molecule has 0 saturated heterocycles. The van der Waals surface area contributed by atoms with Crippen LogP contribution in [0.4, 0.5) is 4.39 Å². The fourth-order valence-electron chi connectivity index (χ4n) is 1.73. The predicted molar refractivity (Wildman–Crippen MR) is 71.1 cm³/mol. The van der Waals surface area contributed by atoms with Crippen molar-refractivity contribution in [3.05, 3.63) is 63.6 Å². The van der Waals surface area contributed by atoms with Gasteiger partial charge in [-0.3, -0.25) is 9.78 Å². The van der Waals surface area contributed by atoms with Crippen molar-refractivity contribution in [3.63, 3.8) is 0 Å². The highest BCUT2D eigenvalue weighted by Gasteiger charge is 2.12. The molecule has 0 atom stereocenters. The van der Waals surface area contributed by atoms with Crippen LogP contribution >= 0.6 is 15.9 Å². The molecule has 0 radical (unpaired) electrons. The number of Topliss-reactive ketones (excluding diaryl/α,β-unsaturated/α-hetero) is 1. The number of aromatic nitrogens is 1. The molecule has 2 rings (SSSR count). The molecule has 0 bridgehead atoms. The quantitative estimate of drug-likeness (QED) is 0.809. The molecule has 0 aliphatic rings. The van der Waals surface area contributed by atoms with E-state index in [1.165, 1.54) is 12.1 Å². The fourth-order valence-corrected chi connectivity index (χ4v) is 2.12. The second kappa shape index (κ2) is 5.40. The summed E-state index contributed by atoms with van der Waals surface area (Å²) in [7, 11) is 0. The molecule has 0 unspecified atom stereocenters. The van der Waals surface area contributed by atoms with Gasteiger partial charge in [0.2, 0.25) is 0 Å². The van der Waals surface area contributed by atoms with E-state index in [0.29, 0.717) is 11.1 Å². The summed E-state index contributed by atoms with van der Waals surface area (Å²) in [6, 6.07) is 6.02. The van der Waals surface area contributed by atoms with Gasteiger partial charge in [-0.15, -0.1) is 0 Å². The number of carbonyl (C=O) groups excluding carboxylic acids is 1. The predicted octanol–water partition coefficient (Wildman–Crippen LogP) is 3.72. The molecule has 0 saturated carbocycles. The van der Waals surface area contributed by atoms with Crippen molar-refractivity contribution in [1.29, 1.82) is 0 Å². The maximum absolute atomic E-state index is 13.1. The van der Waals surface area contributed by atoms with Crippen LogP contribution in [0, 0.1) is 12.7 Å². The summed E-state index contributed by atoms with van der Waals surface area (Å²) in [5.74, 6) is -0.381. The van der Waals surface area contributed by atoms with Gasteiger partial charge in [0.05, 0.1) is 0 Å². The van der Waals surface area contributed by atoms with Crippen LogP contribution in [0.15, 0.2) is 41.1 Å². The Kier molecular flexibility index (Phi) is 3.87. The highest BCUT2D eigenvalue weighted by molar-refractivity contribution is 9.10. The third kappa shape index (κ3) is 2.82. The van der Waals surface area contributed by atoms with Crippen molar-refractivity contribution >= 4 is 21.7 Å². The summed E-state index contributed by atoms with van der Waals surface area (Å²) in [6.45, 7) is 1.83. The van der Waals surface area contributed by atoms with Crippen LogP contribution in [0.5, 0.6) is 0 Å². The van der Waals surface area contributed by atoms with E-state index < -0.39 is 0 Å².